The van der Waals surface area contributed by atoms with Crippen molar-refractivity contribution < 1.29 is 23.8 Å². The quantitative estimate of drug-likeness (QED) is 0.373. The Balaban J connectivity index is 2.40. The van der Waals surface area contributed by atoms with Crippen molar-refractivity contribution >= 4 is 11.9 Å². The zero-order valence-electron chi connectivity index (χ0n) is 7.95. The monoisotopic (exact) mass is 200 g/mol. The van der Waals surface area contributed by atoms with Crippen LogP contribution in [0, 0.1) is 0 Å². The molecule has 0 N–H and O–H groups in total. The maximum absolute atomic E-state index is 11.2. The molecular formula is C9H12O5. The van der Waals surface area contributed by atoms with Crippen LogP contribution in [0.3, 0.4) is 0 Å². The molecule has 1 heterocycles. The van der Waals surface area contributed by atoms with E-state index in [0.29, 0.717) is 12.8 Å². The molecule has 0 amide bonds. The summed E-state index contributed by atoms with van der Waals surface area (Å²) in [4.78, 5) is 22.0. The van der Waals surface area contributed by atoms with Gasteiger partial charge >= 0.3 is 11.9 Å². The largest absolute Gasteiger partial charge is 0.457 e. The predicted octanol–water partition coefficient (Wildman–Crippen LogP) is 0.395. The summed E-state index contributed by atoms with van der Waals surface area (Å²) in [6.07, 6.45) is 0.271. The molecule has 1 saturated heterocycles. The highest BCUT2D eigenvalue weighted by molar-refractivity contribution is 5.90. The third kappa shape index (κ3) is 2.56. The number of hydrogen-bond acceptors (Lipinski definition) is 5. The third-order valence-corrected chi connectivity index (χ3v) is 1.84. The second-order valence-electron chi connectivity index (χ2n) is 2.88. The van der Waals surface area contributed by atoms with Crippen molar-refractivity contribution in [2.24, 2.45) is 0 Å². The summed E-state index contributed by atoms with van der Waals surface area (Å²) in [7, 11) is 1.41. The van der Waals surface area contributed by atoms with Crippen LogP contribution in [0.25, 0.3) is 0 Å². The Morgan fingerprint density at radius 3 is 2.93 bits per heavy atom. The van der Waals surface area contributed by atoms with Crippen LogP contribution in [0.1, 0.15) is 12.8 Å². The highest BCUT2D eigenvalue weighted by atomic mass is 16.7. The molecule has 1 unspecified atom stereocenters. The molecule has 0 bridgehead atoms. The van der Waals surface area contributed by atoms with Gasteiger partial charge in [0, 0.05) is 13.5 Å². The fourth-order valence-electron chi connectivity index (χ4n) is 1.11. The summed E-state index contributed by atoms with van der Waals surface area (Å²) in [5.74, 6) is -0.901. The Bertz CT molecular complexity index is 258. The first-order chi connectivity index (χ1) is 6.65. The number of methoxy groups -OCH3 is 1. The van der Waals surface area contributed by atoms with E-state index in [1.807, 2.05) is 0 Å². The molecule has 1 aliphatic heterocycles. The Kier molecular flexibility index (Phi) is 3.64. The van der Waals surface area contributed by atoms with E-state index in [9.17, 15) is 9.59 Å². The lowest BCUT2D eigenvalue weighted by atomic mass is 10.1. The molecule has 5 heteroatoms. The number of cyclic esters (lactones) is 1. The van der Waals surface area contributed by atoms with Crippen LogP contribution >= 0.6 is 0 Å². The molecule has 0 aromatic rings. The van der Waals surface area contributed by atoms with Gasteiger partial charge in [-0.2, -0.15) is 0 Å². The number of rotatable bonds is 4. The second kappa shape index (κ2) is 4.76. The maximum atomic E-state index is 11.2. The van der Waals surface area contributed by atoms with Crippen LogP contribution in [-0.2, 0) is 23.8 Å². The van der Waals surface area contributed by atoms with Crippen LogP contribution in [0.2, 0.25) is 0 Å². The molecular weight excluding hydrogens is 188 g/mol. The predicted molar refractivity (Wildman–Crippen MR) is 46.2 cm³/mol. The zero-order chi connectivity index (χ0) is 10.6. The van der Waals surface area contributed by atoms with Gasteiger partial charge < -0.3 is 14.2 Å². The van der Waals surface area contributed by atoms with Crippen molar-refractivity contribution in [3.63, 3.8) is 0 Å². The van der Waals surface area contributed by atoms with Crippen molar-refractivity contribution in [3.8, 4) is 0 Å². The maximum Gasteiger partial charge on any atom is 0.339 e. The Hall–Kier alpha value is -1.36. The number of carbonyl (C=O) groups excluding carboxylic acids is 2. The molecule has 0 aromatic heterocycles. The molecule has 0 spiro atoms. The van der Waals surface area contributed by atoms with Gasteiger partial charge in [0.2, 0.25) is 0 Å². The third-order valence-electron chi connectivity index (χ3n) is 1.84. The van der Waals surface area contributed by atoms with Crippen LogP contribution in [0.4, 0.5) is 0 Å². The van der Waals surface area contributed by atoms with Crippen molar-refractivity contribution in [1.29, 1.82) is 0 Å². The Morgan fingerprint density at radius 2 is 2.43 bits per heavy atom. The Labute approximate surface area is 81.6 Å². The standard InChI is InChI=1S/C9H12O5/c1-6(9(11)13-5-12-2)7-3-4-8(10)14-7/h7H,1,3-5H2,2H3. The lowest BCUT2D eigenvalue weighted by Crippen LogP contribution is -2.20. The summed E-state index contributed by atoms with van der Waals surface area (Å²) < 4.78 is 14.0. The van der Waals surface area contributed by atoms with Crippen LogP contribution in [0.5, 0.6) is 0 Å². The minimum Gasteiger partial charge on any atom is -0.457 e. The first kappa shape index (κ1) is 10.7. The fraction of sp³-hybridized carbons (Fsp3) is 0.556. The van der Waals surface area contributed by atoms with Gasteiger partial charge in [-0.25, -0.2) is 4.79 Å². The number of ether oxygens (including phenoxy) is 3. The van der Waals surface area contributed by atoms with Gasteiger partial charge in [-0.05, 0) is 6.42 Å². The molecule has 0 aliphatic carbocycles. The van der Waals surface area contributed by atoms with Crippen molar-refractivity contribution in [2.75, 3.05) is 13.9 Å². The van der Waals surface area contributed by atoms with E-state index < -0.39 is 12.1 Å². The SMILES string of the molecule is C=C(C(=O)OCOC)C1CCC(=O)O1. The van der Waals surface area contributed by atoms with E-state index >= 15 is 0 Å². The molecule has 1 atom stereocenters. The summed E-state index contributed by atoms with van der Waals surface area (Å²) in [5.41, 5.74) is 0.160. The first-order valence-electron chi connectivity index (χ1n) is 4.19. The van der Waals surface area contributed by atoms with Gasteiger partial charge in [0.05, 0.1) is 5.57 Å². The molecule has 14 heavy (non-hydrogen) atoms. The summed E-state index contributed by atoms with van der Waals surface area (Å²) >= 11 is 0. The average molecular weight is 200 g/mol. The van der Waals surface area contributed by atoms with E-state index in [4.69, 9.17) is 4.74 Å². The zero-order valence-corrected chi connectivity index (χ0v) is 7.95. The van der Waals surface area contributed by atoms with Crippen LogP contribution in [0.15, 0.2) is 12.2 Å². The molecule has 1 rings (SSSR count). The van der Waals surface area contributed by atoms with Crippen LogP contribution < -0.4 is 0 Å². The fourth-order valence-corrected chi connectivity index (χ4v) is 1.11. The normalized spacial score (nSPS) is 20.4. The van der Waals surface area contributed by atoms with E-state index in [2.05, 4.69) is 16.1 Å². The van der Waals surface area contributed by atoms with Gasteiger partial charge in [-0.15, -0.1) is 0 Å². The van der Waals surface area contributed by atoms with Gasteiger partial charge in [-0.1, -0.05) is 6.58 Å². The van der Waals surface area contributed by atoms with Crippen LogP contribution in [-0.4, -0.2) is 31.9 Å². The molecule has 0 saturated carbocycles. The molecule has 78 valence electrons. The second-order valence-corrected chi connectivity index (χ2v) is 2.88. The van der Waals surface area contributed by atoms with Crippen molar-refractivity contribution in [2.45, 2.75) is 18.9 Å². The summed E-state index contributed by atoms with van der Waals surface area (Å²) in [6, 6.07) is 0. The van der Waals surface area contributed by atoms with Gasteiger partial charge in [0.25, 0.3) is 0 Å². The smallest absolute Gasteiger partial charge is 0.339 e. The Morgan fingerprint density at radius 1 is 1.71 bits per heavy atom. The molecule has 1 aliphatic rings. The molecule has 5 nitrogen and oxygen atoms in total. The number of carbonyl (C=O) groups is 2. The lowest BCUT2D eigenvalue weighted by Gasteiger charge is -2.11. The van der Waals surface area contributed by atoms with E-state index in [-0.39, 0.29) is 18.3 Å². The molecule has 0 radical (unpaired) electrons. The number of esters is 2. The average Bonchev–Trinajstić information content (AvgIpc) is 2.60. The van der Waals surface area contributed by atoms with Gasteiger partial charge in [-0.3, -0.25) is 4.79 Å². The summed E-state index contributed by atoms with van der Waals surface area (Å²) in [6.45, 7) is 3.39. The van der Waals surface area contributed by atoms with Gasteiger partial charge in [0.15, 0.2) is 6.79 Å². The summed E-state index contributed by atoms with van der Waals surface area (Å²) in [5, 5.41) is 0. The highest BCUT2D eigenvalue weighted by Crippen LogP contribution is 2.20. The number of hydrogen-bond donors (Lipinski definition) is 0. The van der Waals surface area contributed by atoms with Crippen molar-refractivity contribution in [1.82, 2.24) is 0 Å². The molecule has 1 fully saturated rings. The lowest BCUT2D eigenvalue weighted by molar-refractivity contribution is -0.151. The van der Waals surface area contributed by atoms with E-state index in [1.54, 1.807) is 0 Å². The molecule has 0 aromatic carbocycles. The van der Waals surface area contributed by atoms with Gasteiger partial charge in [0.1, 0.15) is 6.10 Å². The topological polar surface area (TPSA) is 61.8 Å². The first-order valence-corrected chi connectivity index (χ1v) is 4.19. The minimum atomic E-state index is -0.591. The van der Waals surface area contributed by atoms with E-state index in [0.717, 1.165) is 0 Å². The highest BCUT2D eigenvalue weighted by Gasteiger charge is 2.29. The van der Waals surface area contributed by atoms with E-state index in [1.165, 1.54) is 7.11 Å². The van der Waals surface area contributed by atoms with Crippen molar-refractivity contribution in [3.05, 3.63) is 12.2 Å². The minimum absolute atomic E-state index is 0.126.